The predicted octanol–water partition coefficient (Wildman–Crippen LogP) is 0.205. The molecule has 2 aromatic rings. The van der Waals surface area contributed by atoms with Crippen molar-refractivity contribution in [2.45, 2.75) is 12.6 Å². The summed E-state index contributed by atoms with van der Waals surface area (Å²) in [6.45, 7) is 2.28. The predicted molar refractivity (Wildman–Crippen MR) is 77.6 cm³/mol. The number of amides is 1. The molecule has 21 heavy (non-hydrogen) atoms. The van der Waals surface area contributed by atoms with Crippen molar-refractivity contribution in [1.29, 1.82) is 0 Å². The molecule has 0 saturated carbocycles. The van der Waals surface area contributed by atoms with Crippen LogP contribution in [0, 0.1) is 0 Å². The zero-order chi connectivity index (χ0) is 14.5. The minimum atomic E-state index is -0.420. The van der Waals surface area contributed by atoms with Crippen LogP contribution in [-0.2, 0) is 16.1 Å². The van der Waals surface area contributed by atoms with E-state index in [0.717, 1.165) is 22.9 Å². The van der Waals surface area contributed by atoms with E-state index in [1.165, 1.54) is 11.3 Å². The Kier molecular flexibility index (Phi) is 4.49. The summed E-state index contributed by atoms with van der Waals surface area (Å²) in [5.74, 6) is -0.115. The van der Waals surface area contributed by atoms with Crippen LogP contribution in [0.4, 0.5) is 0 Å². The standard InChI is InChI=1S/C13H15N5O2S/c19-12(11-7-15-3-4-20-11)17-5-9-8-21-13(18-9)10-6-14-1-2-16-10/h1-2,6,8,11,15H,3-5,7H2,(H,17,19)/t11-/m0/s1. The highest BCUT2D eigenvalue weighted by Crippen LogP contribution is 2.20. The Bertz CT molecular complexity index is 598. The molecule has 2 N–H and O–H groups in total. The zero-order valence-corrected chi connectivity index (χ0v) is 12.1. The Morgan fingerprint density at radius 2 is 2.48 bits per heavy atom. The number of morpholine rings is 1. The van der Waals surface area contributed by atoms with Gasteiger partial charge in [-0.2, -0.15) is 0 Å². The molecule has 0 bridgehead atoms. The lowest BCUT2D eigenvalue weighted by Gasteiger charge is -2.22. The molecule has 0 unspecified atom stereocenters. The minimum Gasteiger partial charge on any atom is -0.366 e. The quantitative estimate of drug-likeness (QED) is 0.839. The van der Waals surface area contributed by atoms with Gasteiger partial charge in [0.1, 0.15) is 16.8 Å². The molecule has 7 nitrogen and oxygen atoms in total. The number of thiazole rings is 1. The first-order valence-electron chi connectivity index (χ1n) is 6.64. The second-order valence-electron chi connectivity index (χ2n) is 4.52. The molecule has 0 aromatic carbocycles. The van der Waals surface area contributed by atoms with Crippen LogP contribution in [0.2, 0.25) is 0 Å². The Balaban J connectivity index is 1.56. The van der Waals surface area contributed by atoms with Gasteiger partial charge in [0.15, 0.2) is 0 Å². The van der Waals surface area contributed by atoms with Crippen LogP contribution in [-0.4, -0.2) is 46.7 Å². The van der Waals surface area contributed by atoms with Gasteiger partial charge in [-0.15, -0.1) is 11.3 Å². The molecular weight excluding hydrogens is 290 g/mol. The first-order chi connectivity index (χ1) is 10.3. The van der Waals surface area contributed by atoms with Gasteiger partial charge in [0, 0.05) is 30.9 Å². The second kappa shape index (κ2) is 6.70. The largest absolute Gasteiger partial charge is 0.366 e. The van der Waals surface area contributed by atoms with Crippen molar-refractivity contribution in [3.8, 4) is 10.7 Å². The molecule has 1 aliphatic heterocycles. The van der Waals surface area contributed by atoms with Crippen molar-refractivity contribution in [2.24, 2.45) is 0 Å². The maximum Gasteiger partial charge on any atom is 0.250 e. The van der Waals surface area contributed by atoms with Gasteiger partial charge in [-0.1, -0.05) is 0 Å². The third kappa shape index (κ3) is 3.60. The highest BCUT2D eigenvalue weighted by Gasteiger charge is 2.21. The molecular formula is C13H15N5O2S. The molecule has 1 atom stereocenters. The molecule has 1 saturated heterocycles. The summed E-state index contributed by atoms with van der Waals surface area (Å²) < 4.78 is 5.39. The smallest absolute Gasteiger partial charge is 0.250 e. The average Bonchev–Trinajstić information content (AvgIpc) is 3.03. The van der Waals surface area contributed by atoms with Gasteiger partial charge in [-0.3, -0.25) is 14.8 Å². The topological polar surface area (TPSA) is 89.0 Å². The van der Waals surface area contributed by atoms with Crippen molar-refractivity contribution in [3.63, 3.8) is 0 Å². The molecule has 8 heteroatoms. The molecule has 3 rings (SSSR count). The number of hydrogen-bond donors (Lipinski definition) is 2. The van der Waals surface area contributed by atoms with Crippen molar-refractivity contribution in [2.75, 3.05) is 19.7 Å². The van der Waals surface area contributed by atoms with Crippen LogP contribution in [0.25, 0.3) is 10.7 Å². The van der Waals surface area contributed by atoms with Gasteiger partial charge < -0.3 is 15.4 Å². The number of nitrogens with zero attached hydrogens (tertiary/aromatic N) is 3. The maximum atomic E-state index is 11.9. The summed E-state index contributed by atoms with van der Waals surface area (Å²) in [6.07, 6.45) is 4.50. The molecule has 2 aromatic heterocycles. The van der Waals surface area contributed by atoms with Crippen LogP contribution in [0.1, 0.15) is 5.69 Å². The number of rotatable bonds is 4. The van der Waals surface area contributed by atoms with E-state index >= 15 is 0 Å². The molecule has 0 spiro atoms. The second-order valence-corrected chi connectivity index (χ2v) is 5.37. The minimum absolute atomic E-state index is 0.115. The number of carbonyl (C=O) groups is 1. The fraction of sp³-hybridized carbons (Fsp3) is 0.385. The summed E-state index contributed by atoms with van der Waals surface area (Å²) in [5.41, 5.74) is 1.54. The molecule has 110 valence electrons. The highest BCUT2D eigenvalue weighted by molar-refractivity contribution is 7.13. The first-order valence-corrected chi connectivity index (χ1v) is 7.52. The number of aromatic nitrogens is 3. The third-order valence-electron chi connectivity index (χ3n) is 3.00. The van der Waals surface area contributed by atoms with Crippen LogP contribution in [0.5, 0.6) is 0 Å². The molecule has 0 radical (unpaired) electrons. The molecule has 3 heterocycles. The Morgan fingerprint density at radius 3 is 3.24 bits per heavy atom. The molecule has 1 aliphatic rings. The van der Waals surface area contributed by atoms with E-state index in [1.807, 2.05) is 5.38 Å². The van der Waals surface area contributed by atoms with E-state index in [-0.39, 0.29) is 5.91 Å². The van der Waals surface area contributed by atoms with Gasteiger partial charge in [0.2, 0.25) is 0 Å². The molecule has 0 aliphatic carbocycles. The number of hydrogen-bond acceptors (Lipinski definition) is 7. The van der Waals surface area contributed by atoms with Crippen molar-refractivity contribution < 1.29 is 9.53 Å². The van der Waals surface area contributed by atoms with Crippen LogP contribution >= 0.6 is 11.3 Å². The number of ether oxygens (including phenoxy) is 1. The van der Waals surface area contributed by atoms with Crippen LogP contribution in [0.15, 0.2) is 24.0 Å². The van der Waals surface area contributed by atoms with Gasteiger partial charge in [-0.05, 0) is 0 Å². The lowest BCUT2D eigenvalue weighted by Crippen LogP contribution is -2.47. The van der Waals surface area contributed by atoms with Crippen molar-refractivity contribution in [3.05, 3.63) is 29.7 Å². The molecule has 1 amide bonds. The summed E-state index contributed by atoms with van der Waals surface area (Å²) in [4.78, 5) is 24.6. The first kappa shape index (κ1) is 14.1. The fourth-order valence-corrected chi connectivity index (χ4v) is 2.72. The van der Waals surface area contributed by atoms with Gasteiger partial charge in [0.05, 0.1) is 25.0 Å². The van der Waals surface area contributed by atoms with Crippen molar-refractivity contribution >= 4 is 17.2 Å². The van der Waals surface area contributed by atoms with Gasteiger partial charge >= 0.3 is 0 Å². The SMILES string of the molecule is O=C(NCc1csc(-c2cnccn2)n1)[C@@H]1CNCCO1. The lowest BCUT2D eigenvalue weighted by molar-refractivity contribution is -0.134. The van der Waals surface area contributed by atoms with E-state index in [0.29, 0.717) is 19.7 Å². The van der Waals surface area contributed by atoms with Crippen molar-refractivity contribution in [1.82, 2.24) is 25.6 Å². The normalized spacial score (nSPS) is 18.4. The van der Waals surface area contributed by atoms with Crippen LogP contribution in [0.3, 0.4) is 0 Å². The monoisotopic (exact) mass is 305 g/mol. The highest BCUT2D eigenvalue weighted by atomic mass is 32.1. The number of nitrogens with one attached hydrogen (secondary N) is 2. The van der Waals surface area contributed by atoms with Crippen LogP contribution < -0.4 is 10.6 Å². The summed E-state index contributed by atoms with van der Waals surface area (Å²) in [5, 5.41) is 8.66. The number of carbonyl (C=O) groups excluding carboxylic acids is 1. The van der Waals surface area contributed by atoms with E-state index in [1.54, 1.807) is 18.6 Å². The Morgan fingerprint density at radius 1 is 1.52 bits per heavy atom. The van der Waals surface area contributed by atoms with E-state index < -0.39 is 6.10 Å². The zero-order valence-electron chi connectivity index (χ0n) is 11.3. The van der Waals surface area contributed by atoms with E-state index in [2.05, 4.69) is 25.6 Å². The van der Waals surface area contributed by atoms with E-state index in [9.17, 15) is 4.79 Å². The maximum absolute atomic E-state index is 11.9. The summed E-state index contributed by atoms with van der Waals surface area (Å²) in [6, 6.07) is 0. The summed E-state index contributed by atoms with van der Waals surface area (Å²) in [7, 11) is 0. The fourth-order valence-electron chi connectivity index (χ4n) is 1.94. The Labute approximate surface area is 125 Å². The Hall–Kier alpha value is -1.90. The average molecular weight is 305 g/mol. The van der Waals surface area contributed by atoms with Gasteiger partial charge in [-0.25, -0.2) is 4.98 Å². The van der Waals surface area contributed by atoms with E-state index in [4.69, 9.17) is 4.74 Å². The summed E-state index contributed by atoms with van der Waals surface area (Å²) >= 11 is 1.48. The third-order valence-corrected chi connectivity index (χ3v) is 3.91. The molecule has 1 fully saturated rings. The lowest BCUT2D eigenvalue weighted by atomic mass is 10.3. The van der Waals surface area contributed by atoms with Gasteiger partial charge in [0.25, 0.3) is 5.91 Å².